The van der Waals surface area contributed by atoms with Crippen LogP contribution < -0.4 is 5.32 Å². The van der Waals surface area contributed by atoms with Gasteiger partial charge in [-0.15, -0.1) is 0 Å². The predicted molar refractivity (Wildman–Crippen MR) is 156 cm³/mol. The molecule has 224 valence electrons. The molecule has 1 fully saturated rings. The van der Waals surface area contributed by atoms with Crippen molar-refractivity contribution in [2.24, 2.45) is 0 Å². The van der Waals surface area contributed by atoms with E-state index in [0.717, 1.165) is 0 Å². The molecule has 1 atom stereocenters. The molecule has 0 saturated carbocycles. The predicted octanol–water partition coefficient (Wildman–Crippen LogP) is 3.28. The molecule has 0 unspecified atom stereocenters. The first kappa shape index (κ1) is 30.8. The second-order valence-corrected chi connectivity index (χ2v) is 9.93. The lowest BCUT2D eigenvalue weighted by Crippen LogP contribution is -2.56. The summed E-state index contributed by atoms with van der Waals surface area (Å²) in [5.74, 6) is -2.03. The van der Waals surface area contributed by atoms with Crippen LogP contribution in [0.2, 0.25) is 0 Å². The molecular formula is C31H33N5O7. The maximum atomic E-state index is 13.6. The molecular weight excluding hydrogens is 554 g/mol. The van der Waals surface area contributed by atoms with Gasteiger partial charge in [-0.1, -0.05) is 54.6 Å². The van der Waals surface area contributed by atoms with Crippen molar-refractivity contribution in [3.05, 3.63) is 71.9 Å². The van der Waals surface area contributed by atoms with Crippen molar-refractivity contribution in [2.75, 3.05) is 32.8 Å². The molecule has 1 saturated heterocycles. The zero-order valence-electron chi connectivity index (χ0n) is 24.0. The number of piperazine rings is 1. The Labute approximate surface area is 248 Å². The highest BCUT2D eigenvalue weighted by atomic mass is 16.6. The van der Waals surface area contributed by atoms with Crippen molar-refractivity contribution in [1.29, 1.82) is 0 Å². The number of aromatic nitrogens is 2. The van der Waals surface area contributed by atoms with E-state index in [-0.39, 0.29) is 62.9 Å². The monoisotopic (exact) mass is 587 g/mol. The molecule has 3 amide bonds. The van der Waals surface area contributed by atoms with E-state index in [2.05, 4.69) is 15.3 Å². The van der Waals surface area contributed by atoms with Gasteiger partial charge in [-0.05, 0) is 26.3 Å². The minimum Gasteiger partial charge on any atom is -0.481 e. The zero-order chi connectivity index (χ0) is 30.9. The second-order valence-electron chi connectivity index (χ2n) is 9.93. The second kappa shape index (κ2) is 14.2. The fourth-order valence-electron chi connectivity index (χ4n) is 4.61. The van der Waals surface area contributed by atoms with E-state index in [1.807, 2.05) is 18.2 Å². The molecule has 12 nitrogen and oxygen atoms in total. The number of nitrogens with zero attached hydrogens (tertiary/aromatic N) is 4. The standard InChI is InChI=1S/C31H33N5O7/c1-3-43-31(42)36-17-15-35(16-18-36)30(41)24(13-14-27(38)39)34-29(40)26-19-25(22-11-9-21(10-12-22)20(2)37)32-28(33-26)23-7-5-4-6-8-23/h4-12,19,24H,3,13-18H2,1-2H3,(H,34,40)(H,38,39)/t24-/m0/s1. The quantitative estimate of drug-likeness (QED) is 0.340. The lowest BCUT2D eigenvalue weighted by molar-refractivity contribution is -0.138. The Bertz CT molecular complexity index is 1490. The number of hydrogen-bond acceptors (Lipinski definition) is 8. The van der Waals surface area contributed by atoms with Crippen molar-refractivity contribution in [2.45, 2.75) is 32.7 Å². The number of hydrogen-bond donors (Lipinski definition) is 2. The van der Waals surface area contributed by atoms with Crippen LogP contribution in [0, 0.1) is 0 Å². The van der Waals surface area contributed by atoms with E-state index in [4.69, 9.17) is 4.74 Å². The van der Waals surface area contributed by atoms with Crippen molar-refractivity contribution >= 4 is 29.7 Å². The van der Waals surface area contributed by atoms with Crippen LogP contribution in [0.4, 0.5) is 4.79 Å². The van der Waals surface area contributed by atoms with Gasteiger partial charge >= 0.3 is 12.1 Å². The number of Topliss-reactive ketones (excluding diaryl/α,β-unsaturated/α-hetero) is 1. The number of amides is 3. The van der Waals surface area contributed by atoms with Gasteiger partial charge in [-0.2, -0.15) is 0 Å². The summed E-state index contributed by atoms with van der Waals surface area (Å²) in [6.07, 6.45) is -0.935. The average Bonchev–Trinajstić information content (AvgIpc) is 3.03. The summed E-state index contributed by atoms with van der Waals surface area (Å²) < 4.78 is 5.02. The molecule has 1 aliphatic heterocycles. The van der Waals surface area contributed by atoms with Crippen LogP contribution in [0.3, 0.4) is 0 Å². The molecule has 0 aliphatic carbocycles. The molecule has 0 bridgehead atoms. The van der Waals surface area contributed by atoms with Crippen LogP contribution in [-0.2, 0) is 14.3 Å². The third-order valence-electron chi connectivity index (χ3n) is 6.95. The summed E-state index contributed by atoms with van der Waals surface area (Å²) in [5, 5.41) is 12.0. The molecule has 12 heteroatoms. The third-order valence-corrected chi connectivity index (χ3v) is 6.95. The zero-order valence-corrected chi connectivity index (χ0v) is 24.0. The van der Waals surface area contributed by atoms with Gasteiger partial charge in [-0.3, -0.25) is 19.2 Å². The van der Waals surface area contributed by atoms with Crippen molar-refractivity contribution in [1.82, 2.24) is 25.1 Å². The van der Waals surface area contributed by atoms with Crippen LogP contribution in [-0.4, -0.2) is 93.4 Å². The van der Waals surface area contributed by atoms with E-state index >= 15 is 0 Å². The molecule has 4 rings (SSSR count). The molecule has 43 heavy (non-hydrogen) atoms. The average molecular weight is 588 g/mol. The van der Waals surface area contributed by atoms with Crippen LogP contribution in [0.25, 0.3) is 22.6 Å². The molecule has 2 heterocycles. The molecule has 2 N–H and O–H groups in total. The highest BCUT2D eigenvalue weighted by molar-refractivity contribution is 5.98. The summed E-state index contributed by atoms with van der Waals surface area (Å²) in [7, 11) is 0. The number of ether oxygens (including phenoxy) is 1. The van der Waals surface area contributed by atoms with Gasteiger partial charge in [0.25, 0.3) is 5.91 Å². The molecule has 0 radical (unpaired) electrons. The summed E-state index contributed by atoms with van der Waals surface area (Å²) in [5.41, 5.74) is 2.26. The molecule has 2 aromatic carbocycles. The maximum absolute atomic E-state index is 13.6. The summed E-state index contributed by atoms with van der Waals surface area (Å²) in [6, 6.07) is 16.2. The Hall–Kier alpha value is -5.13. The largest absolute Gasteiger partial charge is 0.481 e. The van der Waals surface area contributed by atoms with Crippen LogP contribution in [0.15, 0.2) is 60.7 Å². The van der Waals surface area contributed by atoms with E-state index in [1.54, 1.807) is 43.3 Å². The fraction of sp³-hybridized carbons (Fsp3) is 0.323. The normalized spacial score (nSPS) is 13.6. The number of ketones is 1. The lowest BCUT2D eigenvalue weighted by Gasteiger charge is -2.35. The van der Waals surface area contributed by atoms with Crippen molar-refractivity contribution < 1.29 is 33.8 Å². The van der Waals surface area contributed by atoms with E-state index in [9.17, 15) is 29.1 Å². The van der Waals surface area contributed by atoms with Crippen molar-refractivity contribution in [3.8, 4) is 22.6 Å². The van der Waals surface area contributed by atoms with E-state index in [1.165, 1.54) is 22.8 Å². The van der Waals surface area contributed by atoms with Crippen LogP contribution >= 0.6 is 0 Å². The molecule has 3 aromatic rings. The first-order valence-corrected chi connectivity index (χ1v) is 13.9. The topological polar surface area (TPSA) is 159 Å². The molecule has 0 spiro atoms. The fourth-order valence-corrected chi connectivity index (χ4v) is 4.61. The number of aliphatic carboxylic acids is 1. The highest BCUT2D eigenvalue weighted by Gasteiger charge is 2.31. The smallest absolute Gasteiger partial charge is 0.409 e. The maximum Gasteiger partial charge on any atom is 0.409 e. The Morgan fingerprint density at radius 1 is 0.907 bits per heavy atom. The Balaban J connectivity index is 1.60. The summed E-state index contributed by atoms with van der Waals surface area (Å²) in [4.78, 5) is 74.3. The highest BCUT2D eigenvalue weighted by Crippen LogP contribution is 2.23. The van der Waals surface area contributed by atoms with E-state index in [0.29, 0.717) is 22.4 Å². The van der Waals surface area contributed by atoms with Gasteiger partial charge in [0.1, 0.15) is 11.7 Å². The Morgan fingerprint density at radius 2 is 1.56 bits per heavy atom. The Kier molecular flexibility index (Phi) is 10.2. The number of carbonyl (C=O) groups is 5. The SMILES string of the molecule is CCOC(=O)N1CCN(C(=O)[C@H](CCC(=O)O)NC(=O)c2cc(-c3ccc(C(C)=O)cc3)nc(-c3ccccc3)n2)CC1. The minimum atomic E-state index is -1.13. The summed E-state index contributed by atoms with van der Waals surface area (Å²) >= 11 is 0. The van der Waals surface area contributed by atoms with Gasteiger partial charge in [0.15, 0.2) is 11.6 Å². The third kappa shape index (κ3) is 8.00. The van der Waals surface area contributed by atoms with Crippen LogP contribution in [0.5, 0.6) is 0 Å². The minimum absolute atomic E-state index is 0.0141. The summed E-state index contributed by atoms with van der Waals surface area (Å²) in [6.45, 7) is 4.34. The number of carbonyl (C=O) groups excluding carboxylic acids is 4. The number of carboxylic acid groups (broad SMARTS) is 1. The number of carboxylic acids is 1. The van der Waals surface area contributed by atoms with Crippen LogP contribution in [0.1, 0.15) is 47.5 Å². The molecule has 1 aromatic heterocycles. The van der Waals surface area contributed by atoms with Gasteiger partial charge in [-0.25, -0.2) is 14.8 Å². The van der Waals surface area contributed by atoms with Gasteiger partial charge in [0, 0.05) is 49.3 Å². The van der Waals surface area contributed by atoms with Gasteiger partial charge in [0.05, 0.1) is 12.3 Å². The lowest BCUT2D eigenvalue weighted by atomic mass is 10.1. The van der Waals surface area contributed by atoms with E-state index < -0.39 is 29.9 Å². The van der Waals surface area contributed by atoms with Gasteiger partial charge in [0.2, 0.25) is 5.91 Å². The Morgan fingerprint density at radius 3 is 2.16 bits per heavy atom. The van der Waals surface area contributed by atoms with Crippen molar-refractivity contribution in [3.63, 3.8) is 0 Å². The van der Waals surface area contributed by atoms with Gasteiger partial charge < -0.3 is 25.0 Å². The molecule has 1 aliphatic rings. The number of benzene rings is 2. The first-order chi connectivity index (χ1) is 20.7. The first-order valence-electron chi connectivity index (χ1n) is 13.9. The number of nitrogens with one attached hydrogen (secondary N) is 1. The number of rotatable bonds is 10.